The number of thiazole rings is 1. The second-order valence-corrected chi connectivity index (χ2v) is 7.16. The SMILES string of the molecule is Cc1cccc(NC(=O)CCc2csc(NC(=O)c3ccc[nH]c3=O)n2)c1C. The van der Waals surface area contributed by atoms with Crippen molar-refractivity contribution in [2.24, 2.45) is 0 Å². The fraction of sp³-hybridized carbons (Fsp3) is 0.200. The number of nitrogens with zero attached hydrogens (tertiary/aromatic N) is 1. The Morgan fingerprint density at radius 1 is 1.14 bits per heavy atom. The van der Waals surface area contributed by atoms with Crippen LogP contribution >= 0.6 is 11.3 Å². The van der Waals surface area contributed by atoms with Crippen molar-refractivity contribution in [3.63, 3.8) is 0 Å². The first kappa shape index (κ1) is 19.5. The van der Waals surface area contributed by atoms with Crippen molar-refractivity contribution in [3.05, 3.63) is 74.6 Å². The van der Waals surface area contributed by atoms with Gasteiger partial charge >= 0.3 is 0 Å². The zero-order chi connectivity index (χ0) is 20.1. The van der Waals surface area contributed by atoms with Crippen molar-refractivity contribution in [1.82, 2.24) is 9.97 Å². The number of amides is 2. The molecule has 1 aromatic carbocycles. The average molecular weight is 396 g/mol. The number of anilines is 2. The van der Waals surface area contributed by atoms with E-state index in [0.29, 0.717) is 17.2 Å². The third kappa shape index (κ3) is 4.72. The fourth-order valence-electron chi connectivity index (χ4n) is 2.58. The molecule has 0 saturated carbocycles. The van der Waals surface area contributed by atoms with E-state index in [-0.39, 0.29) is 17.9 Å². The number of aromatic amines is 1. The summed E-state index contributed by atoms with van der Waals surface area (Å²) in [6, 6.07) is 8.81. The molecular formula is C20H20N4O3S. The zero-order valence-corrected chi connectivity index (χ0v) is 16.4. The lowest BCUT2D eigenvalue weighted by atomic mass is 10.1. The van der Waals surface area contributed by atoms with Crippen LogP contribution in [0.5, 0.6) is 0 Å². The summed E-state index contributed by atoms with van der Waals surface area (Å²) >= 11 is 1.25. The van der Waals surface area contributed by atoms with Crippen molar-refractivity contribution in [2.45, 2.75) is 26.7 Å². The molecule has 0 unspecified atom stereocenters. The summed E-state index contributed by atoms with van der Waals surface area (Å²) in [6.45, 7) is 3.97. The maximum atomic E-state index is 12.2. The third-order valence-corrected chi connectivity index (χ3v) is 5.13. The minimum atomic E-state index is -0.518. The highest BCUT2D eigenvalue weighted by Gasteiger charge is 2.13. The van der Waals surface area contributed by atoms with Gasteiger partial charge in [-0.05, 0) is 49.6 Å². The van der Waals surface area contributed by atoms with Crippen LogP contribution in [-0.2, 0) is 11.2 Å². The molecule has 3 aromatic rings. The lowest BCUT2D eigenvalue weighted by Crippen LogP contribution is -2.22. The molecule has 28 heavy (non-hydrogen) atoms. The molecule has 8 heteroatoms. The largest absolute Gasteiger partial charge is 0.328 e. The Labute approximate surface area is 165 Å². The number of carbonyl (C=O) groups is 2. The van der Waals surface area contributed by atoms with Crippen LogP contribution in [0.2, 0.25) is 0 Å². The van der Waals surface area contributed by atoms with Crippen molar-refractivity contribution in [1.29, 1.82) is 0 Å². The standard InChI is InChI=1S/C20H20N4O3S/c1-12-5-3-7-16(13(12)2)23-17(25)9-8-14-11-28-20(22-14)24-19(27)15-6-4-10-21-18(15)26/h3-7,10-11H,8-9H2,1-2H3,(H,21,26)(H,23,25)(H,22,24,27). The van der Waals surface area contributed by atoms with Gasteiger partial charge < -0.3 is 10.3 Å². The molecule has 2 aromatic heterocycles. The van der Waals surface area contributed by atoms with Gasteiger partial charge in [0, 0.05) is 23.7 Å². The molecule has 0 bridgehead atoms. The van der Waals surface area contributed by atoms with Gasteiger partial charge in [-0.15, -0.1) is 11.3 Å². The predicted molar refractivity (Wildman–Crippen MR) is 110 cm³/mol. The molecule has 0 fully saturated rings. The molecule has 7 nitrogen and oxygen atoms in total. The van der Waals surface area contributed by atoms with Gasteiger partial charge in [-0.25, -0.2) is 4.98 Å². The number of pyridine rings is 1. The van der Waals surface area contributed by atoms with Gasteiger partial charge in [0.05, 0.1) is 5.69 Å². The lowest BCUT2D eigenvalue weighted by molar-refractivity contribution is -0.116. The number of rotatable bonds is 6. The Morgan fingerprint density at radius 3 is 2.75 bits per heavy atom. The number of hydrogen-bond donors (Lipinski definition) is 3. The maximum absolute atomic E-state index is 12.2. The number of nitrogens with one attached hydrogen (secondary N) is 3. The molecule has 2 amide bonds. The molecule has 0 aliphatic carbocycles. The first-order valence-corrected chi connectivity index (χ1v) is 9.61. The summed E-state index contributed by atoms with van der Waals surface area (Å²) in [4.78, 5) is 42.8. The Hall–Kier alpha value is -3.26. The summed E-state index contributed by atoms with van der Waals surface area (Å²) in [7, 11) is 0. The Kier molecular flexibility index (Phi) is 6.00. The second kappa shape index (κ2) is 8.62. The summed E-state index contributed by atoms with van der Waals surface area (Å²) in [5.74, 6) is -0.612. The summed E-state index contributed by atoms with van der Waals surface area (Å²) in [6.07, 6.45) is 2.20. The summed E-state index contributed by atoms with van der Waals surface area (Å²) in [5.41, 5.74) is 3.25. The molecule has 0 radical (unpaired) electrons. The van der Waals surface area contributed by atoms with Crippen LogP contribution in [0.25, 0.3) is 0 Å². The van der Waals surface area contributed by atoms with Crippen LogP contribution in [0.4, 0.5) is 10.8 Å². The van der Waals surface area contributed by atoms with Crippen LogP contribution in [0.15, 0.2) is 46.7 Å². The van der Waals surface area contributed by atoms with Gasteiger partial charge in [0.2, 0.25) is 5.91 Å². The van der Waals surface area contributed by atoms with Gasteiger partial charge in [0.15, 0.2) is 5.13 Å². The van der Waals surface area contributed by atoms with Crippen LogP contribution in [0.3, 0.4) is 0 Å². The second-order valence-electron chi connectivity index (χ2n) is 6.31. The zero-order valence-electron chi connectivity index (χ0n) is 15.5. The summed E-state index contributed by atoms with van der Waals surface area (Å²) in [5, 5.41) is 7.70. The van der Waals surface area contributed by atoms with E-state index in [2.05, 4.69) is 20.6 Å². The van der Waals surface area contributed by atoms with Crippen molar-refractivity contribution < 1.29 is 9.59 Å². The van der Waals surface area contributed by atoms with E-state index in [1.54, 1.807) is 11.4 Å². The minimum Gasteiger partial charge on any atom is -0.328 e. The van der Waals surface area contributed by atoms with Gasteiger partial charge in [0.1, 0.15) is 5.56 Å². The molecule has 3 N–H and O–H groups in total. The van der Waals surface area contributed by atoms with E-state index in [9.17, 15) is 14.4 Å². The molecule has 0 spiro atoms. The maximum Gasteiger partial charge on any atom is 0.263 e. The average Bonchev–Trinajstić information content (AvgIpc) is 3.11. The van der Waals surface area contributed by atoms with Crippen LogP contribution in [-0.4, -0.2) is 21.8 Å². The van der Waals surface area contributed by atoms with Gasteiger partial charge in [-0.1, -0.05) is 12.1 Å². The first-order valence-electron chi connectivity index (χ1n) is 8.73. The van der Waals surface area contributed by atoms with Crippen molar-refractivity contribution in [3.8, 4) is 0 Å². The minimum absolute atomic E-state index is 0.0205. The normalized spacial score (nSPS) is 10.5. The highest BCUT2D eigenvalue weighted by molar-refractivity contribution is 7.14. The fourth-order valence-corrected chi connectivity index (χ4v) is 3.32. The van der Waals surface area contributed by atoms with E-state index in [4.69, 9.17) is 0 Å². The number of carbonyl (C=O) groups excluding carboxylic acids is 2. The Balaban J connectivity index is 1.55. The van der Waals surface area contributed by atoms with Crippen molar-refractivity contribution >= 4 is 34.0 Å². The molecule has 3 rings (SSSR count). The smallest absolute Gasteiger partial charge is 0.263 e. The number of hydrogen-bond acceptors (Lipinski definition) is 5. The highest BCUT2D eigenvalue weighted by Crippen LogP contribution is 2.20. The molecule has 2 heterocycles. The van der Waals surface area contributed by atoms with Crippen molar-refractivity contribution in [2.75, 3.05) is 10.6 Å². The van der Waals surface area contributed by atoms with E-state index < -0.39 is 11.5 Å². The number of aromatic nitrogens is 2. The van der Waals surface area contributed by atoms with Crippen LogP contribution in [0, 0.1) is 13.8 Å². The third-order valence-electron chi connectivity index (χ3n) is 4.32. The molecule has 0 aliphatic heterocycles. The van der Waals surface area contributed by atoms with Gasteiger partial charge in [-0.2, -0.15) is 0 Å². The molecule has 144 valence electrons. The van der Waals surface area contributed by atoms with E-state index in [1.165, 1.54) is 23.6 Å². The lowest BCUT2D eigenvalue weighted by Gasteiger charge is -2.09. The topological polar surface area (TPSA) is 104 Å². The quantitative estimate of drug-likeness (QED) is 0.595. The number of aryl methyl sites for hydroxylation is 2. The molecular weight excluding hydrogens is 376 g/mol. The van der Waals surface area contributed by atoms with E-state index in [1.807, 2.05) is 32.0 Å². The van der Waals surface area contributed by atoms with Gasteiger partial charge in [0.25, 0.3) is 11.5 Å². The predicted octanol–water partition coefficient (Wildman–Crippen LogP) is 3.27. The molecule has 0 aliphatic rings. The van der Waals surface area contributed by atoms with E-state index in [0.717, 1.165) is 16.8 Å². The Bertz CT molecular complexity index is 1070. The first-order chi connectivity index (χ1) is 13.4. The number of benzene rings is 1. The van der Waals surface area contributed by atoms with Gasteiger partial charge in [-0.3, -0.25) is 19.7 Å². The monoisotopic (exact) mass is 396 g/mol. The number of H-pyrrole nitrogens is 1. The Morgan fingerprint density at radius 2 is 1.96 bits per heavy atom. The summed E-state index contributed by atoms with van der Waals surface area (Å²) < 4.78 is 0. The van der Waals surface area contributed by atoms with Crippen LogP contribution in [0.1, 0.15) is 33.6 Å². The molecule has 0 saturated heterocycles. The molecule has 0 atom stereocenters. The van der Waals surface area contributed by atoms with Crippen LogP contribution < -0.4 is 16.2 Å². The van der Waals surface area contributed by atoms with E-state index >= 15 is 0 Å². The highest BCUT2D eigenvalue weighted by atomic mass is 32.1.